The van der Waals surface area contributed by atoms with Gasteiger partial charge in [-0.25, -0.2) is 14.6 Å². The lowest BCUT2D eigenvalue weighted by Gasteiger charge is -2.35. The van der Waals surface area contributed by atoms with Crippen LogP contribution in [0.5, 0.6) is 0 Å². The predicted octanol–water partition coefficient (Wildman–Crippen LogP) is 1.49. The van der Waals surface area contributed by atoms with Gasteiger partial charge in [0.05, 0.1) is 22.8 Å². The van der Waals surface area contributed by atoms with E-state index in [2.05, 4.69) is 32.3 Å². The lowest BCUT2D eigenvalue weighted by Crippen LogP contribution is -2.36. The standard InChI is InChI=1S/C15H21N5OS/c1-10-18-13(7-22-10)6-19-4-11-2-14(20-9-16-8-17-20)15(21)3-12(11)5-19/h7-9,11-12,14-15,21H,2-6H2,1H3/t11-,12+,14-,15-/m1/s1. The Hall–Kier alpha value is -1.31. The van der Waals surface area contributed by atoms with Gasteiger partial charge >= 0.3 is 0 Å². The highest BCUT2D eigenvalue weighted by atomic mass is 32.1. The predicted molar refractivity (Wildman–Crippen MR) is 83.4 cm³/mol. The van der Waals surface area contributed by atoms with Gasteiger partial charge in [0.15, 0.2) is 0 Å². The van der Waals surface area contributed by atoms with Crippen LogP contribution in [0.1, 0.15) is 29.6 Å². The van der Waals surface area contributed by atoms with E-state index in [4.69, 9.17) is 0 Å². The van der Waals surface area contributed by atoms with E-state index in [9.17, 15) is 5.11 Å². The molecule has 22 heavy (non-hydrogen) atoms. The highest BCUT2D eigenvalue weighted by Gasteiger charge is 2.42. The number of aliphatic hydroxyl groups excluding tert-OH is 1. The van der Waals surface area contributed by atoms with Crippen molar-refractivity contribution in [3.8, 4) is 0 Å². The van der Waals surface area contributed by atoms with Crippen molar-refractivity contribution in [2.24, 2.45) is 11.8 Å². The van der Waals surface area contributed by atoms with Gasteiger partial charge < -0.3 is 5.11 Å². The molecule has 2 aromatic rings. The molecule has 1 saturated carbocycles. The second-order valence-corrected chi connectivity index (χ2v) is 7.62. The molecule has 1 saturated heterocycles. The maximum absolute atomic E-state index is 10.4. The van der Waals surface area contributed by atoms with Crippen molar-refractivity contribution in [1.29, 1.82) is 0 Å². The highest BCUT2D eigenvalue weighted by Crippen LogP contribution is 2.41. The van der Waals surface area contributed by atoms with E-state index in [0.717, 1.165) is 37.5 Å². The molecule has 1 N–H and O–H groups in total. The maximum Gasteiger partial charge on any atom is 0.137 e. The van der Waals surface area contributed by atoms with Gasteiger partial charge in [-0.15, -0.1) is 11.3 Å². The molecule has 0 bridgehead atoms. The lowest BCUT2D eigenvalue weighted by molar-refractivity contribution is 0.0304. The summed E-state index contributed by atoms with van der Waals surface area (Å²) >= 11 is 1.72. The first kappa shape index (κ1) is 14.3. The third-order valence-corrected chi connectivity index (χ3v) is 5.84. The van der Waals surface area contributed by atoms with Crippen LogP contribution in [0.3, 0.4) is 0 Å². The Morgan fingerprint density at radius 3 is 2.82 bits per heavy atom. The fraction of sp³-hybridized carbons (Fsp3) is 0.667. The molecule has 2 aromatic heterocycles. The number of aromatic nitrogens is 4. The summed E-state index contributed by atoms with van der Waals surface area (Å²) in [6.07, 6.45) is 4.80. The molecule has 0 spiro atoms. The summed E-state index contributed by atoms with van der Waals surface area (Å²) in [5.41, 5.74) is 1.18. The Morgan fingerprint density at radius 1 is 1.32 bits per heavy atom. The minimum atomic E-state index is -0.315. The van der Waals surface area contributed by atoms with Crippen LogP contribution in [0.15, 0.2) is 18.0 Å². The SMILES string of the molecule is Cc1nc(CN2C[C@H]3C[C@@H](n4cncn4)[C@H](O)C[C@H]3C2)cs1. The summed E-state index contributed by atoms with van der Waals surface area (Å²) < 4.78 is 1.83. The molecule has 1 aliphatic carbocycles. The van der Waals surface area contributed by atoms with Crippen LogP contribution in [0.2, 0.25) is 0 Å². The number of hydrogen-bond acceptors (Lipinski definition) is 6. The Labute approximate surface area is 133 Å². The second kappa shape index (κ2) is 5.72. The van der Waals surface area contributed by atoms with E-state index in [0.29, 0.717) is 11.8 Å². The van der Waals surface area contributed by atoms with Crippen LogP contribution in [-0.2, 0) is 6.54 Å². The van der Waals surface area contributed by atoms with Crippen molar-refractivity contribution in [1.82, 2.24) is 24.6 Å². The number of hydrogen-bond donors (Lipinski definition) is 1. The first-order valence-corrected chi connectivity index (χ1v) is 8.72. The number of aliphatic hydroxyl groups is 1. The minimum Gasteiger partial charge on any atom is -0.391 e. The molecule has 7 heteroatoms. The van der Waals surface area contributed by atoms with Crippen LogP contribution in [0, 0.1) is 18.8 Å². The van der Waals surface area contributed by atoms with Gasteiger partial charge in [0.1, 0.15) is 12.7 Å². The monoisotopic (exact) mass is 319 g/mol. The van der Waals surface area contributed by atoms with Crippen LogP contribution in [-0.4, -0.2) is 48.9 Å². The molecule has 0 amide bonds. The first-order valence-electron chi connectivity index (χ1n) is 7.84. The summed E-state index contributed by atoms with van der Waals surface area (Å²) in [5, 5.41) is 18.0. The molecule has 118 valence electrons. The Kier molecular flexibility index (Phi) is 3.71. The number of rotatable bonds is 3. The molecule has 0 aromatic carbocycles. The zero-order chi connectivity index (χ0) is 15.1. The second-order valence-electron chi connectivity index (χ2n) is 6.55. The summed E-state index contributed by atoms with van der Waals surface area (Å²) in [4.78, 5) is 11.1. The number of thiazole rings is 1. The summed E-state index contributed by atoms with van der Waals surface area (Å²) in [5.74, 6) is 1.23. The molecule has 4 rings (SSSR count). The maximum atomic E-state index is 10.4. The third kappa shape index (κ3) is 2.68. The molecule has 4 atom stereocenters. The summed E-state index contributed by atoms with van der Waals surface area (Å²) in [6.45, 7) is 5.15. The Balaban J connectivity index is 1.43. The summed E-state index contributed by atoms with van der Waals surface area (Å²) in [7, 11) is 0. The van der Waals surface area contributed by atoms with E-state index in [1.54, 1.807) is 24.0 Å². The molecule has 6 nitrogen and oxygen atoms in total. The van der Waals surface area contributed by atoms with Gasteiger partial charge in [-0.1, -0.05) is 0 Å². The highest BCUT2D eigenvalue weighted by molar-refractivity contribution is 7.09. The third-order valence-electron chi connectivity index (χ3n) is 5.01. The number of likely N-dealkylation sites (tertiary alicyclic amines) is 1. The van der Waals surface area contributed by atoms with Gasteiger partial charge in [-0.3, -0.25) is 4.90 Å². The van der Waals surface area contributed by atoms with E-state index < -0.39 is 0 Å². The number of fused-ring (bicyclic) bond motifs is 1. The average Bonchev–Trinajstić information content (AvgIpc) is 3.19. The molecular formula is C15H21N5OS. The van der Waals surface area contributed by atoms with E-state index in [1.807, 2.05) is 4.68 Å². The van der Waals surface area contributed by atoms with Crippen molar-refractivity contribution < 1.29 is 5.11 Å². The molecule has 0 radical (unpaired) electrons. The zero-order valence-electron chi connectivity index (χ0n) is 12.7. The van der Waals surface area contributed by atoms with Crippen molar-refractivity contribution in [2.45, 2.75) is 38.5 Å². The Morgan fingerprint density at radius 2 is 2.14 bits per heavy atom. The van der Waals surface area contributed by atoms with E-state index in [1.165, 1.54) is 5.69 Å². The van der Waals surface area contributed by atoms with Crippen molar-refractivity contribution in [2.75, 3.05) is 13.1 Å². The van der Waals surface area contributed by atoms with Gasteiger partial charge in [0.25, 0.3) is 0 Å². The quantitative estimate of drug-likeness (QED) is 0.928. The molecule has 3 heterocycles. The fourth-order valence-electron chi connectivity index (χ4n) is 4.02. The molecular weight excluding hydrogens is 298 g/mol. The molecule has 2 aliphatic rings. The van der Waals surface area contributed by atoms with Gasteiger partial charge in [-0.05, 0) is 31.6 Å². The van der Waals surface area contributed by atoms with Crippen LogP contribution in [0.4, 0.5) is 0 Å². The fourth-order valence-corrected chi connectivity index (χ4v) is 4.62. The average molecular weight is 319 g/mol. The smallest absolute Gasteiger partial charge is 0.137 e. The molecule has 2 fully saturated rings. The van der Waals surface area contributed by atoms with Crippen LogP contribution in [0.25, 0.3) is 0 Å². The van der Waals surface area contributed by atoms with Crippen molar-refractivity contribution in [3.63, 3.8) is 0 Å². The normalized spacial score (nSPS) is 32.3. The Bertz CT molecular complexity index is 628. The van der Waals surface area contributed by atoms with E-state index >= 15 is 0 Å². The number of nitrogens with zero attached hydrogens (tertiary/aromatic N) is 5. The summed E-state index contributed by atoms with van der Waals surface area (Å²) in [6, 6.07) is 0.0743. The largest absolute Gasteiger partial charge is 0.391 e. The first-order chi connectivity index (χ1) is 10.7. The van der Waals surface area contributed by atoms with Crippen LogP contribution >= 0.6 is 11.3 Å². The number of aryl methyl sites for hydroxylation is 1. The lowest BCUT2D eigenvalue weighted by atomic mass is 9.77. The van der Waals surface area contributed by atoms with Gasteiger partial charge in [0.2, 0.25) is 0 Å². The zero-order valence-corrected chi connectivity index (χ0v) is 13.5. The van der Waals surface area contributed by atoms with Gasteiger partial charge in [0, 0.05) is 25.0 Å². The molecule has 0 unspecified atom stereocenters. The van der Waals surface area contributed by atoms with Gasteiger partial charge in [-0.2, -0.15) is 5.10 Å². The topological polar surface area (TPSA) is 67.1 Å². The van der Waals surface area contributed by atoms with Crippen LogP contribution < -0.4 is 0 Å². The van der Waals surface area contributed by atoms with E-state index in [-0.39, 0.29) is 12.1 Å². The van der Waals surface area contributed by atoms with Crippen molar-refractivity contribution in [3.05, 3.63) is 28.7 Å². The minimum absolute atomic E-state index is 0.0743. The van der Waals surface area contributed by atoms with Crippen molar-refractivity contribution >= 4 is 11.3 Å². The molecule has 1 aliphatic heterocycles.